The second kappa shape index (κ2) is 6.78. The van der Waals surface area contributed by atoms with E-state index in [1.165, 1.54) is 26.0 Å². The molecule has 0 fully saturated rings. The van der Waals surface area contributed by atoms with Gasteiger partial charge in [0, 0.05) is 0 Å². The first kappa shape index (κ1) is 20.5. The van der Waals surface area contributed by atoms with Crippen molar-refractivity contribution in [3.8, 4) is 0 Å². The highest BCUT2D eigenvalue weighted by Crippen LogP contribution is 2.43. The van der Waals surface area contributed by atoms with Gasteiger partial charge in [0.1, 0.15) is 0 Å². The highest BCUT2D eigenvalue weighted by molar-refractivity contribution is 5.56. The molecular weight excluding hydrogens is 310 g/mol. The minimum Gasteiger partial charge on any atom is -0.385 e. The Labute approximate surface area is 143 Å². The molecular formula is C18H29NO5. The van der Waals surface area contributed by atoms with Crippen LogP contribution in [0.25, 0.3) is 0 Å². The van der Waals surface area contributed by atoms with Gasteiger partial charge in [-0.15, -0.1) is 0 Å². The lowest BCUT2D eigenvalue weighted by molar-refractivity contribution is -0.388. The van der Waals surface area contributed by atoms with Crippen LogP contribution in [0.5, 0.6) is 0 Å². The molecule has 6 heteroatoms. The predicted molar refractivity (Wildman–Crippen MR) is 92.7 cm³/mol. The highest BCUT2D eigenvalue weighted by atomic mass is 16.6. The third-order valence-electron chi connectivity index (χ3n) is 5.14. The van der Waals surface area contributed by atoms with Gasteiger partial charge in [0.15, 0.2) is 0 Å². The topological polar surface area (TPSA) is 104 Å². The minimum absolute atomic E-state index is 0.116. The maximum absolute atomic E-state index is 11.7. The van der Waals surface area contributed by atoms with Gasteiger partial charge >= 0.3 is 0 Å². The number of rotatable bonds is 7. The summed E-state index contributed by atoms with van der Waals surface area (Å²) in [5, 5.41) is 43.7. The van der Waals surface area contributed by atoms with Gasteiger partial charge in [-0.1, -0.05) is 20.8 Å². The molecule has 3 atom stereocenters. The quantitative estimate of drug-likeness (QED) is 0.521. The molecule has 0 bridgehead atoms. The van der Waals surface area contributed by atoms with Crippen molar-refractivity contribution in [2.45, 2.75) is 77.6 Å². The van der Waals surface area contributed by atoms with E-state index in [1.54, 1.807) is 27.7 Å². The molecule has 0 saturated heterocycles. The number of nitrogens with zero attached hydrogens (tertiary/aromatic N) is 1. The number of nitro benzene ring substituents is 1. The third kappa shape index (κ3) is 3.77. The van der Waals surface area contributed by atoms with E-state index in [0.29, 0.717) is 12.0 Å². The van der Waals surface area contributed by atoms with Crippen LogP contribution in [-0.4, -0.2) is 20.2 Å². The van der Waals surface area contributed by atoms with Crippen LogP contribution in [-0.2, 0) is 16.8 Å². The Hall–Kier alpha value is -1.50. The molecule has 136 valence electrons. The van der Waals surface area contributed by atoms with E-state index >= 15 is 0 Å². The fourth-order valence-electron chi connectivity index (χ4n) is 2.55. The predicted octanol–water partition coefficient (Wildman–Crippen LogP) is 3.45. The number of hydrogen-bond acceptors (Lipinski definition) is 5. The summed E-state index contributed by atoms with van der Waals surface area (Å²) in [4.78, 5) is 11.2. The van der Waals surface area contributed by atoms with E-state index in [2.05, 4.69) is 0 Å². The van der Waals surface area contributed by atoms with E-state index in [9.17, 15) is 25.4 Å². The molecule has 0 radical (unpaired) electrons. The standard InChI is InChI=1S/C18H29NO5/c1-7-16(4,20)12-10-13(17(5,21)8-2)15(19(23)24)14(11-12)18(6,22)9-3/h10-11,20-22H,7-9H2,1-6H3. The van der Waals surface area contributed by atoms with Crippen LogP contribution >= 0.6 is 0 Å². The monoisotopic (exact) mass is 339 g/mol. The van der Waals surface area contributed by atoms with Crippen LogP contribution in [0.4, 0.5) is 5.69 Å². The largest absolute Gasteiger partial charge is 0.385 e. The molecule has 1 aromatic rings. The van der Waals surface area contributed by atoms with Crippen LogP contribution in [0.1, 0.15) is 77.5 Å². The summed E-state index contributed by atoms with van der Waals surface area (Å²) in [5.41, 5.74) is -3.71. The summed E-state index contributed by atoms with van der Waals surface area (Å²) in [6.07, 6.45) is 0.921. The summed E-state index contributed by atoms with van der Waals surface area (Å²) in [6, 6.07) is 2.97. The second-order valence-electron chi connectivity index (χ2n) is 7.06. The molecule has 0 amide bonds. The van der Waals surface area contributed by atoms with Gasteiger partial charge in [-0.25, -0.2) is 0 Å². The van der Waals surface area contributed by atoms with Crippen molar-refractivity contribution in [1.29, 1.82) is 0 Å². The molecule has 3 unspecified atom stereocenters. The molecule has 0 spiro atoms. The molecule has 1 aromatic carbocycles. The van der Waals surface area contributed by atoms with Gasteiger partial charge in [-0.2, -0.15) is 0 Å². The molecule has 24 heavy (non-hydrogen) atoms. The molecule has 0 aliphatic heterocycles. The van der Waals surface area contributed by atoms with Crippen LogP contribution in [0.15, 0.2) is 12.1 Å². The van der Waals surface area contributed by atoms with Crippen molar-refractivity contribution in [1.82, 2.24) is 0 Å². The van der Waals surface area contributed by atoms with Crippen LogP contribution < -0.4 is 0 Å². The maximum Gasteiger partial charge on any atom is 0.281 e. The first-order valence-corrected chi connectivity index (χ1v) is 8.35. The van der Waals surface area contributed by atoms with Crippen molar-refractivity contribution in [2.24, 2.45) is 0 Å². The highest BCUT2D eigenvalue weighted by Gasteiger charge is 2.39. The lowest BCUT2D eigenvalue weighted by Gasteiger charge is -2.31. The van der Waals surface area contributed by atoms with Crippen molar-refractivity contribution in [3.05, 3.63) is 38.9 Å². The Morgan fingerprint density at radius 1 is 0.875 bits per heavy atom. The zero-order chi connectivity index (χ0) is 18.9. The van der Waals surface area contributed by atoms with E-state index in [4.69, 9.17) is 0 Å². The zero-order valence-corrected chi connectivity index (χ0v) is 15.4. The van der Waals surface area contributed by atoms with Gasteiger partial charge in [-0.3, -0.25) is 10.1 Å². The average Bonchev–Trinajstić information content (AvgIpc) is 2.53. The van der Waals surface area contributed by atoms with Crippen LogP contribution in [0.3, 0.4) is 0 Å². The van der Waals surface area contributed by atoms with Gasteiger partial charge in [0.25, 0.3) is 5.69 Å². The Bertz CT molecular complexity index is 583. The van der Waals surface area contributed by atoms with Crippen molar-refractivity contribution in [2.75, 3.05) is 0 Å². The van der Waals surface area contributed by atoms with E-state index in [-0.39, 0.29) is 29.7 Å². The fraction of sp³-hybridized carbons (Fsp3) is 0.667. The second-order valence-corrected chi connectivity index (χ2v) is 7.06. The molecule has 0 aliphatic carbocycles. The van der Waals surface area contributed by atoms with Crippen molar-refractivity contribution >= 4 is 5.69 Å². The number of benzene rings is 1. The van der Waals surface area contributed by atoms with Gasteiger partial charge in [0.05, 0.1) is 32.9 Å². The molecule has 0 saturated carbocycles. The third-order valence-corrected chi connectivity index (χ3v) is 5.14. The first-order chi connectivity index (χ1) is 10.8. The summed E-state index contributed by atoms with van der Waals surface area (Å²) in [6.45, 7) is 9.88. The van der Waals surface area contributed by atoms with Crippen molar-refractivity contribution in [3.63, 3.8) is 0 Å². The summed E-state index contributed by atoms with van der Waals surface area (Å²) >= 11 is 0. The lowest BCUT2D eigenvalue weighted by atomic mass is 9.79. The summed E-state index contributed by atoms with van der Waals surface area (Å²) in [5.74, 6) is 0. The number of hydrogen-bond donors (Lipinski definition) is 3. The van der Waals surface area contributed by atoms with Crippen LogP contribution in [0.2, 0.25) is 0 Å². The maximum atomic E-state index is 11.7. The smallest absolute Gasteiger partial charge is 0.281 e. The average molecular weight is 339 g/mol. The Balaban J connectivity index is 3.96. The van der Waals surface area contributed by atoms with Gasteiger partial charge in [0.2, 0.25) is 0 Å². The normalized spacial score (nSPS) is 19.2. The Morgan fingerprint density at radius 2 is 1.21 bits per heavy atom. The number of nitro groups is 1. The first-order valence-electron chi connectivity index (χ1n) is 8.35. The fourth-order valence-corrected chi connectivity index (χ4v) is 2.55. The van der Waals surface area contributed by atoms with E-state index < -0.39 is 21.7 Å². The molecule has 6 nitrogen and oxygen atoms in total. The summed E-state index contributed by atoms with van der Waals surface area (Å²) in [7, 11) is 0. The Morgan fingerprint density at radius 3 is 1.46 bits per heavy atom. The van der Waals surface area contributed by atoms with Crippen LogP contribution in [0, 0.1) is 10.1 Å². The zero-order valence-electron chi connectivity index (χ0n) is 15.4. The molecule has 3 N–H and O–H groups in total. The lowest BCUT2D eigenvalue weighted by Crippen LogP contribution is -2.29. The SMILES string of the molecule is CCC(C)(O)c1cc(C(C)(O)CC)c([N+](=O)[O-])c(C(C)(O)CC)c1. The summed E-state index contributed by atoms with van der Waals surface area (Å²) < 4.78 is 0. The van der Waals surface area contributed by atoms with Gasteiger partial charge in [-0.05, 0) is 57.7 Å². The molecule has 1 rings (SSSR count). The van der Waals surface area contributed by atoms with E-state index in [0.717, 1.165) is 0 Å². The van der Waals surface area contributed by atoms with Crippen molar-refractivity contribution < 1.29 is 20.2 Å². The minimum atomic E-state index is -1.44. The van der Waals surface area contributed by atoms with E-state index in [1.807, 2.05) is 0 Å². The molecule has 0 aromatic heterocycles. The number of aliphatic hydroxyl groups is 3. The van der Waals surface area contributed by atoms with Gasteiger partial charge < -0.3 is 15.3 Å². The Kier molecular flexibility index (Phi) is 5.81. The molecule has 0 aliphatic rings. The molecule has 0 heterocycles.